The number of anilines is 2. The number of para-hydroxylation sites is 2. The molecule has 2 aromatic carbocycles. The molecule has 0 aliphatic carbocycles. The van der Waals surface area contributed by atoms with Crippen LogP contribution < -0.4 is 19.7 Å². The zero-order chi connectivity index (χ0) is 20.1. The lowest BCUT2D eigenvalue weighted by atomic mass is 10.2. The number of benzene rings is 2. The summed E-state index contributed by atoms with van der Waals surface area (Å²) in [6.45, 7) is 8.86. The lowest BCUT2D eigenvalue weighted by Gasteiger charge is -2.36. The third-order valence-electron chi connectivity index (χ3n) is 4.73. The van der Waals surface area contributed by atoms with E-state index in [2.05, 4.69) is 16.3 Å². The molecule has 0 aromatic heterocycles. The van der Waals surface area contributed by atoms with Crippen LogP contribution in [0.2, 0.25) is 0 Å². The van der Waals surface area contributed by atoms with Crippen LogP contribution in [0.3, 0.4) is 0 Å². The predicted molar refractivity (Wildman–Crippen MR) is 113 cm³/mol. The summed E-state index contributed by atoms with van der Waals surface area (Å²) in [6.07, 6.45) is 0.123. The Bertz CT molecular complexity index is 814. The van der Waals surface area contributed by atoms with Crippen molar-refractivity contribution in [2.24, 2.45) is 0 Å². The minimum absolute atomic E-state index is 0.102. The van der Waals surface area contributed by atoms with E-state index >= 15 is 0 Å². The molecule has 0 spiro atoms. The number of ether oxygens (including phenoxy) is 2. The van der Waals surface area contributed by atoms with Crippen molar-refractivity contribution >= 4 is 17.4 Å². The van der Waals surface area contributed by atoms with Gasteiger partial charge in [0.15, 0.2) is 0 Å². The van der Waals surface area contributed by atoms with Gasteiger partial charge >= 0.3 is 6.03 Å². The van der Waals surface area contributed by atoms with Crippen molar-refractivity contribution in [1.82, 2.24) is 4.90 Å². The molecule has 1 fully saturated rings. The molecule has 1 heterocycles. The fourth-order valence-corrected chi connectivity index (χ4v) is 3.34. The molecule has 0 saturated carbocycles. The van der Waals surface area contributed by atoms with Crippen molar-refractivity contribution in [1.29, 1.82) is 0 Å². The smallest absolute Gasteiger partial charge is 0.322 e. The second-order valence-corrected chi connectivity index (χ2v) is 7.24. The second-order valence-electron chi connectivity index (χ2n) is 7.24. The number of nitrogens with zero attached hydrogens (tertiary/aromatic N) is 2. The summed E-state index contributed by atoms with van der Waals surface area (Å²) in [5.41, 5.74) is 2.85. The van der Waals surface area contributed by atoms with Crippen molar-refractivity contribution in [2.45, 2.75) is 26.9 Å². The molecule has 1 aliphatic rings. The highest BCUT2D eigenvalue weighted by Gasteiger charge is 2.23. The standard InChI is InChI=1S/C22H29N3O3/c1-16(2)28-21-8-6-5-7-19(21)24-11-13-25(14-12-24)22(26)23-18-15-17(3)9-10-20(18)27-4/h5-10,15-16H,11-14H2,1-4H3,(H,23,26). The first-order valence-electron chi connectivity index (χ1n) is 9.69. The van der Waals surface area contributed by atoms with Crippen LogP contribution in [-0.4, -0.2) is 50.3 Å². The summed E-state index contributed by atoms with van der Waals surface area (Å²) >= 11 is 0. The molecule has 0 atom stereocenters. The molecule has 150 valence electrons. The highest BCUT2D eigenvalue weighted by molar-refractivity contribution is 5.91. The maximum Gasteiger partial charge on any atom is 0.322 e. The van der Waals surface area contributed by atoms with Gasteiger partial charge in [-0.3, -0.25) is 0 Å². The molecule has 1 N–H and O–H groups in total. The third kappa shape index (κ3) is 4.68. The van der Waals surface area contributed by atoms with E-state index in [4.69, 9.17) is 9.47 Å². The molecule has 2 amide bonds. The Morgan fingerprint density at radius 2 is 1.75 bits per heavy atom. The summed E-state index contributed by atoms with van der Waals surface area (Å²) in [7, 11) is 1.61. The minimum Gasteiger partial charge on any atom is -0.495 e. The van der Waals surface area contributed by atoms with Crippen LogP contribution in [0.4, 0.5) is 16.2 Å². The number of urea groups is 1. The van der Waals surface area contributed by atoms with Gasteiger partial charge in [0.25, 0.3) is 0 Å². The Labute approximate surface area is 167 Å². The number of aryl methyl sites for hydroxylation is 1. The highest BCUT2D eigenvalue weighted by Crippen LogP contribution is 2.30. The predicted octanol–water partition coefficient (Wildman–Crippen LogP) is 4.14. The van der Waals surface area contributed by atoms with E-state index in [1.54, 1.807) is 7.11 Å². The van der Waals surface area contributed by atoms with E-state index in [0.29, 0.717) is 24.5 Å². The minimum atomic E-state index is -0.102. The van der Waals surface area contributed by atoms with E-state index < -0.39 is 0 Å². The number of methoxy groups -OCH3 is 1. The van der Waals surface area contributed by atoms with Crippen molar-refractivity contribution in [3.8, 4) is 11.5 Å². The molecule has 0 unspecified atom stereocenters. The van der Waals surface area contributed by atoms with E-state index in [1.807, 2.05) is 62.1 Å². The molecule has 6 heteroatoms. The normalized spacial score (nSPS) is 14.2. The number of nitrogens with one attached hydrogen (secondary N) is 1. The average Bonchev–Trinajstić information content (AvgIpc) is 2.68. The molecule has 28 heavy (non-hydrogen) atoms. The molecule has 2 aromatic rings. The van der Waals surface area contributed by atoms with Crippen LogP contribution in [0, 0.1) is 6.92 Å². The van der Waals surface area contributed by atoms with Crippen molar-refractivity contribution in [3.63, 3.8) is 0 Å². The summed E-state index contributed by atoms with van der Waals surface area (Å²) in [5.74, 6) is 1.55. The third-order valence-corrected chi connectivity index (χ3v) is 4.73. The first-order chi connectivity index (χ1) is 13.5. The molecular weight excluding hydrogens is 354 g/mol. The molecule has 1 saturated heterocycles. The Morgan fingerprint density at radius 3 is 2.43 bits per heavy atom. The summed E-state index contributed by atoms with van der Waals surface area (Å²) in [6, 6.07) is 13.7. The quantitative estimate of drug-likeness (QED) is 0.843. The van der Waals surface area contributed by atoms with Gasteiger partial charge in [0.2, 0.25) is 0 Å². The van der Waals surface area contributed by atoms with E-state index in [9.17, 15) is 4.79 Å². The molecule has 6 nitrogen and oxygen atoms in total. The van der Waals surface area contributed by atoms with Gasteiger partial charge in [-0.2, -0.15) is 0 Å². The van der Waals surface area contributed by atoms with Crippen molar-refractivity contribution in [2.75, 3.05) is 43.5 Å². The highest BCUT2D eigenvalue weighted by atomic mass is 16.5. The number of carbonyl (C=O) groups excluding carboxylic acids is 1. The van der Waals surface area contributed by atoms with E-state index in [-0.39, 0.29) is 12.1 Å². The topological polar surface area (TPSA) is 54.0 Å². The first kappa shape index (κ1) is 19.9. The maximum atomic E-state index is 12.7. The van der Waals surface area contributed by atoms with Gasteiger partial charge in [0.1, 0.15) is 11.5 Å². The van der Waals surface area contributed by atoms with Crippen LogP contribution in [0.1, 0.15) is 19.4 Å². The average molecular weight is 383 g/mol. The van der Waals surface area contributed by atoms with Gasteiger partial charge in [-0.05, 0) is 50.6 Å². The number of carbonyl (C=O) groups is 1. The van der Waals surface area contributed by atoms with Gasteiger partial charge < -0.3 is 24.6 Å². The lowest BCUT2D eigenvalue weighted by molar-refractivity contribution is 0.207. The van der Waals surface area contributed by atoms with Crippen molar-refractivity contribution in [3.05, 3.63) is 48.0 Å². The first-order valence-corrected chi connectivity index (χ1v) is 9.69. The maximum absolute atomic E-state index is 12.7. The van der Waals surface area contributed by atoms with E-state index in [0.717, 1.165) is 30.1 Å². The summed E-state index contributed by atoms with van der Waals surface area (Å²) in [5, 5.41) is 2.98. The van der Waals surface area contributed by atoms with Gasteiger partial charge in [0.05, 0.1) is 24.6 Å². The number of hydrogen-bond acceptors (Lipinski definition) is 4. The lowest BCUT2D eigenvalue weighted by Crippen LogP contribution is -2.50. The Kier molecular flexibility index (Phi) is 6.29. The van der Waals surface area contributed by atoms with Crippen LogP contribution >= 0.6 is 0 Å². The summed E-state index contributed by atoms with van der Waals surface area (Å²) in [4.78, 5) is 16.8. The van der Waals surface area contributed by atoms with Crippen molar-refractivity contribution < 1.29 is 14.3 Å². The van der Waals surface area contributed by atoms with Crippen LogP contribution in [0.15, 0.2) is 42.5 Å². The Morgan fingerprint density at radius 1 is 1.04 bits per heavy atom. The Hall–Kier alpha value is -2.89. The van der Waals surface area contributed by atoms with E-state index in [1.165, 1.54) is 0 Å². The SMILES string of the molecule is COc1ccc(C)cc1NC(=O)N1CCN(c2ccccc2OC(C)C)CC1. The van der Waals surface area contributed by atoms with Gasteiger partial charge in [-0.25, -0.2) is 4.79 Å². The molecule has 0 radical (unpaired) electrons. The largest absolute Gasteiger partial charge is 0.495 e. The molecule has 3 rings (SSSR count). The van der Waals surface area contributed by atoms with Gasteiger partial charge in [-0.15, -0.1) is 0 Å². The van der Waals surface area contributed by atoms with Gasteiger partial charge in [0, 0.05) is 26.2 Å². The van der Waals surface area contributed by atoms with Crippen LogP contribution in [0.5, 0.6) is 11.5 Å². The van der Waals surface area contributed by atoms with Gasteiger partial charge in [-0.1, -0.05) is 18.2 Å². The molecular formula is C22H29N3O3. The molecule has 0 bridgehead atoms. The monoisotopic (exact) mass is 383 g/mol. The second kappa shape index (κ2) is 8.87. The molecule has 1 aliphatic heterocycles. The number of amides is 2. The summed E-state index contributed by atoms with van der Waals surface area (Å²) < 4.78 is 11.3. The number of rotatable bonds is 5. The fraction of sp³-hybridized carbons (Fsp3) is 0.409. The zero-order valence-corrected chi connectivity index (χ0v) is 17.1. The fourth-order valence-electron chi connectivity index (χ4n) is 3.34. The van der Waals surface area contributed by atoms with Crippen LogP contribution in [-0.2, 0) is 0 Å². The Balaban J connectivity index is 1.63. The number of hydrogen-bond donors (Lipinski definition) is 1. The number of piperazine rings is 1. The zero-order valence-electron chi connectivity index (χ0n) is 17.1. The van der Waals surface area contributed by atoms with Crippen LogP contribution in [0.25, 0.3) is 0 Å².